The van der Waals surface area contributed by atoms with Crippen LogP contribution < -0.4 is 15.4 Å². The minimum absolute atomic E-state index is 0.505. The van der Waals surface area contributed by atoms with Gasteiger partial charge in [-0.25, -0.2) is 4.98 Å². The van der Waals surface area contributed by atoms with Gasteiger partial charge < -0.3 is 15.4 Å². The van der Waals surface area contributed by atoms with Crippen LogP contribution in [0.3, 0.4) is 0 Å². The minimum Gasteiger partial charge on any atom is -0.476 e. The zero-order valence-corrected chi connectivity index (χ0v) is 12.9. The van der Waals surface area contributed by atoms with Crippen LogP contribution in [-0.4, -0.2) is 23.6 Å². The van der Waals surface area contributed by atoms with E-state index in [-0.39, 0.29) is 0 Å². The van der Waals surface area contributed by atoms with E-state index >= 15 is 0 Å². The van der Waals surface area contributed by atoms with Crippen molar-refractivity contribution >= 4 is 22.8 Å². The number of hydrogen-bond acceptors (Lipinski definition) is 6. The zero-order chi connectivity index (χ0) is 14.5. The normalized spacial score (nSPS) is 10.6. The summed E-state index contributed by atoms with van der Waals surface area (Å²) in [5, 5.41) is 3.14. The Morgan fingerprint density at radius 2 is 2.15 bits per heavy atom. The van der Waals surface area contributed by atoms with E-state index < -0.39 is 0 Å². The Kier molecular flexibility index (Phi) is 4.79. The lowest BCUT2D eigenvalue weighted by Gasteiger charge is -2.18. The SMILES string of the molecule is CCCOc1nc(N(C)Cc2csc(C)n2)ccc1N. The fraction of sp³-hybridized carbons (Fsp3) is 0.429. The van der Waals surface area contributed by atoms with E-state index in [4.69, 9.17) is 10.5 Å². The second-order valence-corrected chi connectivity index (χ2v) is 5.69. The number of thiazole rings is 1. The standard InChI is InChI=1S/C14H20N4OS/c1-4-7-19-14-12(15)5-6-13(17-14)18(3)8-11-9-20-10(2)16-11/h5-6,9H,4,7-8,15H2,1-3H3. The summed E-state index contributed by atoms with van der Waals surface area (Å²) in [6, 6.07) is 3.73. The van der Waals surface area contributed by atoms with E-state index in [1.165, 1.54) is 0 Å². The molecule has 0 fully saturated rings. The van der Waals surface area contributed by atoms with Gasteiger partial charge in [0.1, 0.15) is 5.82 Å². The summed E-state index contributed by atoms with van der Waals surface area (Å²) in [5.41, 5.74) is 7.49. The molecule has 0 bridgehead atoms. The fourth-order valence-corrected chi connectivity index (χ4v) is 2.38. The number of aryl methyl sites for hydroxylation is 1. The summed E-state index contributed by atoms with van der Waals surface area (Å²) < 4.78 is 5.55. The summed E-state index contributed by atoms with van der Waals surface area (Å²) in [5.74, 6) is 1.33. The molecule has 0 aliphatic carbocycles. The first-order valence-corrected chi connectivity index (χ1v) is 7.49. The van der Waals surface area contributed by atoms with Gasteiger partial charge in [0.2, 0.25) is 5.88 Å². The molecule has 108 valence electrons. The summed E-state index contributed by atoms with van der Waals surface area (Å²) in [7, 11) is 1.98. The van der Waals surface area contributed by atoms with Crippen LogP contribution >= 0.6 is 11.3 Å². The van der Waals surface area contributed by atoms with Crippen LogP contribution in [0.5, 0.6) is 5.88 Å². The Bertz CT molecular complexity index is 570. The topological polar surface area (TPSA) is 64.3 Å². The predicted octanol–water partition coefficient (Wildman–Crippen LogP) is 2.85. The Hall–Kier alpha value is -1.82. The smallest absolute Gasteiger partial charge is 0.239 e. The van der Waals surface area contributed by atoms with Crippen LogP contribution in [0, 0.1) is 6.92 Å². The Labute approximate surface area is 123 Å². The highest BCUT2D eigenvalue weighted by Gasteiger charge is 2.09. The molecule has 2 aromatic heterocycles. The summed E-state index contributed by atoms with van der Waals surface area (Å²) >= 11 is 1.66. The minimum atomic E-state index is 0.505. The maximum absolute atomic E-state index is 5.87. The highest BCUT2D eigenvalue weighted by Crippen LogP contribution is 2.23. The van der Waals surface area contributed by atoms with Crippen molar-refractivity contribution in [3.63, 3.8) is 0 Å². The van der Waals surface area contributed by atoms with Gasteiger partial charge >= 0.3 is 0 Å². The van der Waals surface area contributed by atoms with Gasteiger partial charge in [-0.3, -0.25) is 0 Å². The molecular formula is C14H20N4OS. The van der Waals surface area contributed by atoms with Crippen molar-refractivity contribution in [2.75, 3.05) is 24.3 Å². The molecular weight excluding hydrogens is 272 g/mol. The largest absolute Gasteiger partial charge is 0.476 e. The lowest BCUT2D eigenvalue weighted by molar-refractivity contribution is 0.307. The third-order valence-electron chi connectivity index (χ3n) is 2.77. The van der Waals surface area contributed by atoms with Crippen molar-refractivity contribution in [2.45, 2.75) is 26.8 Å². The van der Waals surface area contributed by atoms with Crippen molar-refractivity contribution < 1.29 is 4.74 Å². The molecule has 0 saturated carbocycles. The van der Waals surface area contributed by atoms with Crippen molar-refractivity contribution in [3.05, 3.63) is 28.2 Å². The molecule has 5 nitrogen and oxygen atoms in total. The van der Waals surface area contributed by atoms with Crippen molar-refractivity contribution in [2.24, 2.45) is 0 Å². The monoisotopic (exact) mass is 292 g/mol. The van der Waals surface area contributed by atoms with Crippen molar-refractivity contribution in [1.29, 1.82) is 0 Å². The lowest BCUT2D eigenvalue weighted by Crippen LogP contribution is -2.18. The molecule has 0 atom stereocenters. The van der Waals surface area contributed by atoms with Gasteiger partial charge in [0.25, 0.3) is 0 Å². The van der Waals surface area contributed by atoms with Crippen LogP contribution in [0.1, 0.15) is 24.0 Å². The molecule has 2 heterocycles. The van der Waals surface area contributed by atoms with Gasteiger partial charge in [-0.1, -0.05) is 6.92 Å². The van der Waals surface area contributed by atoms with E-state index in [0.717, 1.165) is 22.9 Å². The average molecular weight is 292 g/mol. The number of ether oxygens (including phenoxy) is 1. The number of rotatable bonds is 6. The molecule has 2 aromatic rings. The zero-order valence-electron chi connectivity index (χ0n) is 12.1. The summed E-state index contributed by atoms with van der Waals surface area (Å²) in [6.07, 6.45) is 0.930. The third kappa shape index (κ3) is 3.60. The maximum Gasteiger partial charge on any atom is 0.239 e. The van der Waals surface area contributed by atoms with E-state index in [0.29, 0.717) is 24.7 Å². The van der Waals surface area contributed by atoms with Gasteiger partial charge in [0.05, 0.1) is 29.5 Å². The third-order valence-corrected chi connectivity index (χ3v) is 3.60. The number of nitrogen functional groups attached to an aromatic ring is 1. The molecule has 2 rings (SSSR count). The molecule has 0 aromatic carbocycles. The van der Waals surface area contributed by atoms with Crippen LogP contribution in [0.25, 0.3) is 0 Å². The van der Waals surface area contributed by atoms with Gasteiger partial charge in [-0.2, -0.15) is 4.98 Å². The predicted molar refractivity (Wildman–Crippen MR) is 83.4 cm³/mol. The number of pyridine rings is 1. The molecule has 0 aliphatic heterocycles. The highest BCUT2D eigenvalue weighted by atomic mass is 32.1. The molecule has 0 amide bonds. The molecule has 20 heavy (non-hydrogen) atoms. The molecule has 0 spiro atoms. The summed E-state index contributed by atoms with van der Waals surface area (Å²) in [6.45, 7) is 5.40. The van der Waals surface area contributed by atoms with E-state index in [1.54, 1.807) is 11.3 Å². The van der Waals surface area contributed by atoms with E-state index in [1.807, 2.05) is 31.0 Å². The average Bonchev–Trinajstić information content (AvgIpc) is 2.83. The molecule has 0 unspecified atom stereocenters. The first-order chi connectivity index (χ1) is 9.60. The second kappa shape index (κ2) is 6.56. The summed E-state index contributed by atoms with van der Waals surface area (Å²) in [4.78, 5) is 11.0. The molecule has 2 N–H and O–H groups in total. The molecule has 0 saturated heterocycles. The second-order valence-electron chi connectivity index (χ2n) is 4.63. The van der Waals surface area contributed by atoms with E-state index in [9.17, 15) is 0 Å². The van der Waals surface area contributed by atoms with Crippen molar-refractivity contribution in [3.8, 4) is 5.88 Å². The number of anilines is 2. The Morgan fingerprint density at radius 1 is 1.35 bits per heavy atom. The lowest BCUT2D eigenvalue weighted by atomic mass is 10.3. The number of hydrogen-bond donors (Lipinski definition) is 1. The number of nitrogens with zero attached hydrogens (tertiary/aromatic N) is 3. The van der Waals surface area contributed by atoms with Crippen LogP contribution in [0.4, 0.5) is 11.5 Å². The highest BCUT2D eigenvalue weighted by molar-refractivity contribution is 7.09. The quantitative estimate of drug-likeness (QED) is 0.887. The number of aromatic nitrogens is 2. The molecule has 6 heteroatoms. The van der Waals surface area contributed by atoms with E-state index in [2.05, 4.69) is 22.3 Å². The van der Waals surface area contributed by atoms with Crippen LogP contribution in [0.15, 0.2) is 17.5 Å². The molecule has 0 radical (unpaired) electrons. The first kappa shape index (κ1) is 14.6. The van der Waals surface area contributed by atoms with Crippen molar-refractivity contribution in [1.82, 2.24) is 9.97 Å². The first-order valence-electron chi connectivity index (χ1n) is 6.61. The molecule has 0 aliphatic rings. The van der Waals surface area contributed by atoms with Gasteiger partial charge in [-0.05, 0) is 25.5 Å². The number of nitrogens with two attached hydrogens (primary N) is 1. The maximum atomic E-state index is 5.87. The van der Waals surface area contributed by atoms with Crippen LogP contribution in [-0.2, 0) is 6.54 Å². The fourth-order valence-electron chi connectivity index (χ4n) is 1.77. The Balaban J connectivity index is 2.10. The van der Waals surface area contributed by atoms with Crippen LogP contribution in [0.2, 0.25) is 0 Å². The van der Waals surface area contributed by atoms with Gasteiger partial charge in [0, 0.05) is 12.4 Å². The van der Waals surface area contributed by atoms with Gasteiger partial charge in [0.15, 0.2) is 0 Å². The van der Waals surface area contributed by atoms with Gasteiger partial charge in [-0.15, -0.1) is 11.3 Å². The Morgan fingerprint density at radius 3 is 2.80 bits per heavy atom.